The first-order valence-corrected chi connectivity index (χ1v) is 29.5. The quantitative estimate of drug-likeness (QED) is 0.0261. The highest BCUT2D eigenvalue weighted by molar-refractivity contribution is 5.71. The normalized spacial score (nSPS) is 13.0. The van der Waals surface area contributed by atoms with Crippen LogP contribution >= 0.6 is 0 Å². The summed E-state index contributed by atoms with van der Waals surface area (Å²) >= 11 is 0. The molecule has 0 spiro atoms. The zero-order valence-corrected chi connectivity index (χ0v) is 46.7. The van der Waals surface area contributed by atoms with E-state index in [1.165, 1.54) is 83.5 Å². The lowest BCUT2D eigenvalue weighted by molar-refractivity contribution is -0.167. The molecule has 0 aromatic rings. The van der Waals surface area contributed by atoms with Crippen LogP contribution in [0.5, 0.6) is 0 Å². The van der Waals surface area contributed by atoms with Crippen molar-refractivity contribution >= 4 is 17.9 Å². The molecule has 0 rings (SSSR count). The van der Waals surface area contributed by atoms with Gasteiger partial charge in [-0.3, -0.25) is 14.4 Å². The summed E-state index contributed by atoms with van der Waals surface area (Å²) < 4.78 is 16.8. The maximum atomic E-state index is 12.8. The van der Waals surface area contributed by atoms with Crippen molar-refractivity contribution in [3.8, 4) is 0 Å². The van der Waals surface area contributed by atoms with E-state index in [2.05, 4.69) is 142 Å². The summed E-state index contributed by atoms with van der Waals surface area (Å²) in [4.78, 5) is 38.1. The second-order valence-corrected chi connectivity index (χ2v) is 19.2. The topological polar surface area (TPSA) is 78.9 Å². The monoisotopic (exact) mass is 997 g/mol. The Bertz CT molecular complexity index is 1520. The van der Waals surface area contributed by atoms with Crippen molar-refractivity contribution in [3.05, 3.63) is 122 Å². The first-order valence-electron chi connectivity index (χ1n) is 29.5. The number of rotatable bonds is 52. The fourth-order valence-electron chi connectivity index (χ4n) is 7.74. The van der Waals surface area contributed by atoms with Gasteiger partial charge in [-0.2, -0.15) is 0 Å². The number of hydrogen-bond donors (Lipinski definition) is 0. The van der Waals surface area contributed by atoms with E-state index in [9.17, 15) is 14.4 Å². The van der Waals surface area contributed by atoms with E-state index in [1.807, 2.05) is 0 Å². The second-order valence-electron chi connectivity index (χ2n) is 19.2. The van der Waals surface area contributed by atoms with Gasteiger partial charge in [0, 0.05) is 19.3 Å². The van der Waals surface area contributed by atoms with Crippen LogP contribution in [0, 0.1) is 0 Å². The van der Waals surface area contributed by atoms with Gasteiger partial charge in [-0.05, 0) is 135 Å². The van der Waals surface area contributed by atoms with Crippen LogP contribution in [0.3, 0.4) is 0 Å². The molecule has 0 aliphatic rings. The molecule has 0 bridgehead atoms. The molecule has 1 unspecified atom stereocenters. The Morgan fingerprint density at radius 3 is 0.917 bits per heavy atom. The first kappa shape index (κ1) is 67.8. The lowest BCUT2D eigenvalue weighted by atomic mass is 10.1. The van der Waals surface area contributed by atoms with Crippen molar-refractivity contribution in [2.24, 2.45) is 0 Å². The predicted octanol–water partition coefficient (Wildman–Crippen LogP) is 20.0. The Labute approximate surface area is 443 Å². The average Bonchev–Trinajstić information content (AvgIpc) is 3.38. The van der Waals surface area contributed by atoms with Crippen molar-refractivity contribution in [3.63, 3.8) is 0 Å². The van der Waals surface area contributed by atoms with E-state index in [0.29, 0.717) is 25.7 Å². The first-order chi connectivity index (χ1) is 35.5. The standard InChI is InChI=1S/C66H108O6/c1-4-7-10-13-16-19-22-25-27-28-29-30-31-32-33-34-35-36-37-38-40-41-44-47-50-53-56-59-65(68)71-62-63(61-70-64(67)58-55-52-49-46-43-24-21-18-15-12-9-6-3)72-66(69)60-57-54-51-48-45-42-39-26-23-20-17-14-11-8-5-2/h7,10,16,18-19,21,25-27,29-30,32-33,35-36,38-40,44,47,63H,4-6,8-9,11-15,17,20,22-24,28,31,34,37,41-43,45-46,48-62H2,1-3H3/b10-7-,19-16-,21-18-,27-25-,30-29-,33-32-,36-35-,39-26-,40-38-,47-44-. The maximum absolute atomic E-state index is 12.8. The third-order valence-corrected chi connectivity index (χ3v) is 12.2. The van der Waals surface area contributed by atoms with Crippen molar-refractivity contribution < 1.29 is 28.6 Å². The van der Waals surface area contributed by atoms with E-state index in [1.54, 1.807) is 0 Å². The van der Waals surface area contributed by atoms with Gasteiger partial charge in [0.1, 0.15) is 13.2 Å². The molecule has 1 atom stereocenters. The van der Waals surface area contributed by atoms with Crippen molar-refractivity contribution in [1.82, 2.24) is 0 Å². The van der Waals surface area contributed by atoms with Crippen LogP contribution in [-0.2, 0) is 28.6 Å². The van der Waals surface area contributed by atoms with Crippen LogP contribution in [-0.4, -0.2) is 37.2 Å². The molecule has 0 saturated carbocycles. The van der Waals surface area contributed by atoms with Gasteiger partial charge >= 0.3 is 17.9 Å². The maximum Gasteiger partial charge on any atom is 0.306 e. The zero-order valence-electron chi connectivity index (χ0n) is 46.7. The molecule has 0 aliphatic carbocycles. The van der Waals surface area contributed by atoms with Gasteiger partial charge in [-0.1, -0.05) is 226 Å². The molecule has 72 heavy (non-hydrogen) atoms. The number of carbonyl (C=O) groups excluding carboxylic acids is 3. The molecule has 6 nitrogen and oxygen atoms in total. The molecule has 6 heteroatoms. The molecule has 0 N–H and O–H groups in total. The highest BCUT2D eigenvalue weighted by Crippen LogP contribution is 2.13. The number of ether oxygens (including phenoxy) is 3. The molecule has 0 heterocycles. The number of allylic oxidation sites excluding steroid dienone is 20. The summed E-state index contributed by atoms with van der Waals surface area (Å²) in [5, 5.41) is 0. The molecule has 0 saturated heterocycles. The van der Waals surface area contributed by atoms with Crippen LogP contribution in [0.4, 0.5) is 0 Å². The number of unbranched alkanes of at least 4 members (excludes halogenated alkanes) is 21. The van der Waals surface area contributed by atoms with Crippen LogP contribution < -0.4 is 0 Å². The SMILES string of the molecule is CC/C=C\C/C=C\C/C=C\C/C=C\C/C=C\C/C=C\C/C=C\C/C=C\CCCCC(=O)OCC(COC(=O)CCCCCCC/C=C\CCCCC)OC(=O)CCCCCCC/C=C\CCCCCCCC. The van der Waals surface area contributed by atoms with E-state index >= 15 is 0 Å². The summed E-state index contributed by atoms with van der Waals surface area (Å²) in [6.45, 7) is 6.44. The summed E-state index contributed by atoms with van der Waals surface area (Å²) in [5.41, 5.74) is 0. The summed E-state index contributed by atoms with van der Waals surface area (Å²) in [7, 11) is 0. The lowest BCUT2D eigenvalue weighted by Gasteiger charge is -2.18. The molecule has 408 valence electrons. The van der Waals surface area contributed by atoms with Crippen molar-refractivity contribution in [2.45, 2.75) is 264 Å². The molecular formula is C66H108O6. The molecule has 0 aromatic heterocycles. The zero-order chi connectivity index (χ0) is 52.2. The smallest absolute Gasteiger partial charge is 0.306 e. The highest BCUT2D eigenvalue weighted by atomic mass is 16.6. The Kier molecular flexibility index (Phi) is 55.9. The molecule has 0 aromatic carbocycles. The minimum Gasteiger partial charge on any atom is -0.462 e. The van der Waals surface area contributed by atoms with E-state index in [-0.39, 0.29) is 31.1 Å². The van der Waals surface area contributed by atoms with Gasteiger partial charge < -0.3 is 14.2 Å². The van der Waals surface area contributed by atoms with Gasteiger partial charge in [0.05, 0.1) is 0 Å². The van der Waals surface area contributed by atoms with E-state index in [0.717, 1.165) is 128 Å². The van der Waals surface area contributed by atoms with Gasteiger partial charge in [0.15, 0.2) is 6.10 Å². The second kappa shape index (κ2) is 59.4. The number of esters is 3. The average molecular weight is 998 g/mol. The van der Waals surface area contributed by atoms with Gasteiger partial charge in [-0.15, -0.1) is 0 Å². The van der Waals surface area contributed by atoms with Crippen molar-refractivity contribution in [1.29, 1.82) is 0 Å². The van der Waals surface area contributed by atoms with E-state index < -0.39 is 6.10 Å². The highest BCUT2D eigenvalue weighted by Gasteiger charge is 2.19. The molecule has 0 aliphatic heterocycles. The Morgan fingerprint density at radius 2 is 0.542 bits per heavy atom. The Balaban J connectivity index is 4.43. The molecule has 0 amide bonds. The van der Waals surface area contributed by atoms with Crippen molar-refractivity contribution in [2.75, 3.05) is 13.2 Å². The minimum absolute atomic E-state index is 0.102. The van der Waals surface area contributed by atoms with Gasteiger partial charge in [0.25, 0.3) is 0 Å². The Hall–Kier alpha value is -4.19. The summed E-state index contributed by atoms with van der Waals surface area (Å²) in [6, 6.07) is 0. The lowest BCUT2D eigenvalue weighted by Crippen LogP contribution is -2.30. The van der Waals surface area contributed by atoms with Crippen LogP contribution in [0.1, 0.15) is 258 Å². The molecule has 0 radical (unpaired) electrons. The molecular weight excluding hydrogens is 889 g/mol. The fourth-order valence-corrected chi connectivity index (χ4v) is 7.74. The summed E-state index contributed by atoms with van der Waals surface area (Å²) in [5.74, 6) is -0.966. The van der Waals surface area contributed by atoms with E-state index in [4.69, 9.17) is 14.2 Å². The number of hydrogen-bond acceptors (Lipinski definition) is 6. The summed E-state index contributed by atoms with van der Waals surface area (Å²) in [6.07, 6.45) is 81.9. The molecule has 0 fully saturated rings. The van der Waals surface area contributed by atoms with Crippen LogP contribution in [0.2, 0.25) is 0 Å². The minimum atomic E-state index is -0.807. The van der Waals surface area contributed by atoms with Gasteiger partial charge in [0.2, 0.25) is 0 Å². The van der Waals surface area contributed by atoms with Gasteiger partial charge in [-0.25, -0.2) is 0 Å². The third-order valence-electron chi connectivity index (χ3n) is 12.2. The van der Waals surface area contributed by atoms with Crippen LogP contribution in [0.15, 0.2) is 122 Å². The van der Waals surface area contributed by atoms with Crippen LogP contribution in [0.25, 0.3) is 0 Å². The largest absolute Gasteiger partial charge is 0.462 e. The predicted molar refractivity (Wildman–Crippen MR) is 311 cm³/mol. The number of carbonyl (C=O) groups is 3. The third kappa shape index (κ3) is 56.7. The fraction of sp³-hybridized carbons (Fsp3) is 0.652. The Morgan fingerprint density at radius 1 is 0.292 bits per heavy atom.